The Hall–Kier alpha value is -1.91. The molecule has 2 aliphatic rings. The minimum atomic E-state index is 0.0368. The second-order valence-corrected chi connectivity index (χ2v) is 5.34. The third-order valence-electron chi connectivity index (χ3n) is 3.90. The van der Waals surface area contributed by atoms with E-state index in [1.165, 1.54) is 0 Å². The van der Waals surface area contributed by atoms with Gasteiger partial charge in [0.15, 0.2) is 0 Å². The lowest BCUT2D eigenvalue weighted by molar-refractivity contribution is -0.135. The molecule has 0 saturated carbocycles. The van der Waals surface area contributed by atoms with E-state index in [1.807, 2.05) is 4.90 Å². The van der Waals surface area contributed by atoms with Crippen LogP contribution in [0.2, 0.25) is 0 Å². The van der Waals surface area contributed by atoms with Crippen molar-refractivity contribution >= 4 is 5.91 Å². The molecule has 0 N–H and O–H groups in total. The SMILES string of the molecule is O=C([C@H]1CC=CCC1)N1CC[C@@H](Oc2cnccn2)C1. The average molecular weight is 273 g/mol. The number of nitrogens with zero attached hydrogens (tertiary/aromatic N) is 3. The number of carbonyl (C=O) groups excluding carboxylic acids is 1. The van der Waals surface area contributed by atoms with Crippen molar-refractivity contribution in [2.75, 3.05) is 13.1 Å². The van der Waals surface area contributed by atoms with Crippen LogP contribution in [0, 0.1) is 5.92 Å². The zero-order chi connectivity index (χ0) is 13.8. The molecule has 5 heteroatoms. The number of rotatable bonds is 3. The highest BCUT2D eigenvalue weighted by Crippen LogP contribution is 2.24. The van der Waals surface area contributed by atoms with Crippen molar-refractivity contribution in [3.63, 3.8) is 0 Å². The Bertz CT molecular complexity index is 489. The second-order valence-electron chi connectivity index (χ2n) is 5.34. The number of hydrogen-bond donors (Lipinski definition) is 0. The van der Waals surface area contributed by atoms with Gasteiger partial charge in [0.05, 0.1) is 12.7 Å². The van der Waals surface area contributed by atoms with E-state index < -0.39 is 0 Å². The van der Waals surface area contributed by atoms with E-state index in [2.05, 4.69) is 22.1 Å². The number of likely N-dealkylation sites (tertiary alicyclic amines) is 1. The van der Waals surface area contributed by atoms with Crippen LogP contribution in [0.25, 0.3) is 0 Å². The van der Waals surface area contributed by atoms with Crippen LogP contribution in [0.3, 0.4) is 0 Å². The lowest BCUT2D eigenvalue weighted by Gasteiger charge is -2.24. The Balaban J connectivity index is 1.54. The van der Waals surface area contributed by atoms with Gasteiger partial charge in [-0.1, -0.05) is 12.2 Å². The molecule has 1 amide bonds. The molecule has 5 nitrogen and oxygen atoms in total. The summed E-state index contributed by atoms with van der Waals surface area (Å²) in [7, 11) is 0. The molecule has 106 valence electrons. The molecule has 0 bridgehead atoms. The van der Waals surface area contributed by atoms with Gasteiger partial charge in [0, 0.05) is 31.3 Å². The molecular formula is C15H19N3O2. The summed E-state index contributed by atoms with van der Waals surface area (Å²) in [4.78, 5) is 22.4. The van der Waals surface area contributed by atoms with Crippen LogP contribution in [0.1, 0.15) is 25.7 Å². The average Bonchev–Trinajstić information content (AvgIpc) is 2.97. The van der Waals surface area contributed by atoms with Gasteiger partial charge in [0.25, 0.3) is 0 Å². The quantitative estimate of drug-likeness (QED) is 0.788. The molecule has 1 saturated heterocycles. The minimum Gasteiger partial charge on any atom is -0.471 e. The Morgan fingerprint density at radius 1 is 1.30 bits per heavy atom. The molecule has 1 fully saturated rings. The van der Waals surface area contributed by atoms with Gasteiger partial charge in [-0.05, 0) is 19.3 Å². The first-order valence-corrected chi connectivity index (χ1v) is 7.19. The standard InChI is InChI=1S/C15H19N3O2/c19-15(12-4-2-1-3-5-12)18-9-6-13(11-18)20-14-10-16-7-8-17-14/h1-2,7-8,10,12-13H,3-6,9,11H2/t12-,13+/m0/s1. The maximum atomic E-state index is 12.4. The zero-order valence-corrected chi connectivity index (χ0v) is 11.4. The van der Waals surface area contributed by atoms with Crippen LogP contribution in [0.15, 0.2) is 30.7 Å². The number of carbonyl (C=O) groups is 1. The van der Waals surface area contributed by atoms with Gasteiger partial charge in [-0.3, -0.25) is 9.78 Å². The van der Waals surface area contributed by atoms with E-state index in [1.54, 1.807) is 18.6 Å². The summed E-state index contributed by atoms with van der Waals surface area (Å²) in [6, 6.07) is 0. The summed E-state index contributed by atoms with van der Waals surface area (Å²) < 4.78 is 5.76. The fourth-order valence-corrected chi connectivity index (χ4v) is 2.82. The van der Waals surface area contributed by atoms with Crippen LogP contribution in [0.5, 0.6) is 5.88 Å². The van der Waals surface area contributed by atoms with Crippen LogP contribution in [-0.4, -0.2) is 40.0 Å². The molecule has 1 aromatic rings. The van der Waals surface area contributed by atoms with Crippen molar-refractivity contribution in [2.45, 2.75) is 31.8 Å². The summed E-state index contributed by atoms with van der Waals surface area (Å²) in [6.07, 6.45) is 12.9. The van der Waals surface area contributed by atoms with E-state index in [-0.39, 0.29) is 17.9 Å². The third kappa shape index (κ3) is 2.98. The molecule has 0 spiro atoms. The molecular weight excluding hydrogens is 254 g/mol. The maximum absolute atomic E-state index is 12.4. The summed E-state index contributed by atoms with van der Waals surface area (Å²) >= 11 is 0. The van der Waals surface area contributed by atoms with Crippen molar-refractivity contribution in [1.82, 2.24) is 14.9 Å². The molecule has 20 heavy (non-hydrogen) atoms. The van der Waals surface area contributed by atoms with Gasteiger partial charge < -0.3 is 9.64 Å². The first-order valence-electron chi connectivity index (χ1n) is 7.19. The smallest absolute Gasteiger partial charge is 0.232 e. The molecule has 1 aliphatic carbocycles. The summed E-state index contributed by atoms with van der Waals surface area (Å²) in [5.41, 5.74) is 0. The van der Waals surface area contributed by atoms with E-state index in [0.717, 1.165) is 32.2 Å². The summed E-state index contributed by atoms with van der Waals surface area (Å²) in [6.45, 7) is 1.44. The Labute approximate surface area is 118 Å². The largest absolute Gasteiger partial charge is 0.471 e. The van der Waals surface area contributed by atoms with Crippen LogP contribution in [0.4, 0.5) is 0 Å². The number of aromatic nitrogens is 2. The van der Waals surface area contributed by atoms with Crippen LogP contribution < -0.4 is 4.74 Å². The van der Waals surface area contributed by atoms with Gasteiger partial charge in [0.2, 0.25) is 11.8 Å². The monoisotopic (exact) mass is 273 g/mol. The first kappa shape index (κ1) is 13.1. The summed E-state index contributed by atoms with van der Waals surface area (Å²) in [5.74, 6) is 0.974. The molecule has 2 heterocycles. The van der Waals surface area contributed by atoms with Crippen LogP contribution in [-0.2, 0) is 4.79 Å². The fraction of sp³-hybridized carbons (Fsp3) is 0.533. The Morgan fingerprint density at radius 3 is 3.00 bits per heavy atom. The zero-order valence-electron chi connectivity index (χ0n) is 11.4. The van der Waals surface area contributed by atoms with Crippen molar-refractivity contribution in [3.8, 4) is 5.88 Å². The molecule has 2 atom stereocenters. The molecule has 1 aromatic heterocycles. The van der Waals surface area contributed by atoms with Crippen molar-refractivity contribution in [1.29, 1.82) is 0 Å². The Kier molecular flexibility index (Phi) is 3.95. The maximum Gasteiger partial charge on any atom is 0.232 e. The lowest BCUT2D eigenvalue weighted by atomic mass is 9.93. The number of allylic oxidation sites excluding steroid dienone is 2. The lowest BCUT2D eigenvalue weighted by Crippen LogP contribution is -2.36. The van der Waals surface area contributed by atoms with E-state index in [4.69, 9.17) is 4.74 Å². The molecule has 0 unspecified atom stereocenters. The number of ether oxygens (including phenoxy) is 1. The first-order chi connectivity index (χ1) is 9.83. The van der Waals surface area contributed by atoms with Crippen molar-refractivity contribution in [3.05, 3.63) is 30.7 Å². The predicted molar refractivity (Wildman–Crippen MR) is 74.1 cm³/mol. The molecule has 0 aromatic carbocycles. The minimum absolute atomic E-state index is 0.0368. The van der Waals surface area contributed by atoms with Crippen molar-refractivity contribution in [2.24, 2.45) is 5.92 Å². The highest BCUT2D eigenvalue weighted by molar-refractivity contribution is 5.79. The van der Waals surface area contributed by atoms with Gasteiger partial charge in [-0.25, -0.2) is 4.98 Å². The molecule has 3 rings (SSSR count). The van der Waals surface area contributed by atoms with Gasteiger partial charge >= 0.3 is 0 Å². The molecule has 1 aliphatic heterocycles. The van der Waals surface area contributed by atoms with Crippen LogP contribution >= 0.6 is 0 Å². The van der Waals surface area contributed by atoms with Gasteiger partial charge in [-0.15, -0.1) is 0 Å². The fourth-order valence-electron chi connectivity index (χ4n) is 2.82. The normalized spacial score (nSPS) is 25.7. The van der Waals surface area contributed by atoms with E-state index in [0.29, 0.717) is 12.4 Å². The predicted octanol–water partition coefficient (Wildman–Crippen LogP) is 1.81. The molecule has 0 radical (unpaired) electrons. The van der Waals surface area contributed by atoms with Crippen molar-refractivity contribution < 1.29 is 9.53 Å². The van der Waals surface area contributed by atoms with E-state index in [9.17, 15) is 4.79 Å². The highest BCUT2D eigenvalue weighted by Gasteiger charge is 2.31. The van der Waals surface area contributed by atoms with Gasteiger partial charge in [0.1, 0.15) is 6.10 Å². The third-order valence-corrected chi connectivity index (χ3v) is 3.90. The number of hydrogen-bond acceptors (Lipinski definition) is 4. The highest BCUT2D eigenvalue weighted by atomic mass is 16.5. The van der Waals surface area contributed by atoms with E-state index >= 15 is 0 Å². The number of amides is 1. The van der Waals surface area contributed by atoms with Gasteiger partial charge in [-0.2, -0.15) is 0 Å². The second kappa shape index (κ2) is 6.03. The Morgan fingerprint density at radius 2 is 2.25 bits per heavy atom. The summed E-state index contributed by atoms with van der Waals surface area (Å²) in [5, 5.41) is 0. The topological polar surface area (TPSA) is 55.3 Å².